The Bertz CT molecular complexity index is 1100. The van der Waals surface area contributed by atoms with Crippen LogP contribution in [-0.4, -0.2) is 85.3 Å². The highest BCUT2D eigenvalue weighted by Gasteiger charge is 2.77. The molecule has 6 atom stereocenters. The topological polar surface area (TPSA) is 81.2 Å². The lowest BCUT2D eigenvalue weighted by Gasteiger charge is -2.39. The Morgan fingerprint density at radius 2 is 1.82 bits per heavy atom. The third-order valence-electron chi connectivity index (χ3n) is 8.77. The number of hydrogen-bond acceptors (Lipinski definition) is 5. The molecule has 3 saturated heterocycles. The molecule has 3 aliphatic rings. The minimum Gasteiger partial charge on any atom is -0.394 e. The van der Waals surface area contributed by atoms with Crippen LogP contribution in [0, 0.1) is 11.8 Å². The summed E-state index contributed by atoms with van der Waals surface area (Å²) >= 11 is 1.67. The minimum atomic E-state index is -0.722. The van der Waals surface area contributed by atoms with Crippen LogP contribution in [-0.2, 0) is 20.9 Å². The van der Waals surface area contributed by atoms with Crippen LogP contribution in [0.2, 0.25) is 0 Å². The zero-order chi connectivity index (χ0) is 28.4. The first-order valence-corrected chi connectivity index (χ1v) is 15.0. The molecule has 212 valence electrons. The van der Waals surface area contributed by atoms with Crippen molar-refractivity contribution >= 4 is 29.5 Å². The Kier molecular flexibility index (Phi) is 8.96. The summed E-state index contributed by atoms with van der Waals surface area (Å²) in [6, 6.07) is 8.59. The summed E-state index contributed by atoms with van der Waals surface area (Å²) < 4.78 is -1.15. The molecule has 3 aliphatic heterocycles. The molecule has 0 aliphatic carbocycles. The number of fused-ring (bicyclic) bond motifs is 1. The van der Waals surface area contributed by atoms with Gasteiger partial charge in [0, 0.05) is 30.9 Å². The molecule has 3 amide bonds. The molecule has 2 unspecified atom stereocenters. The molecule has 0 saturated carbocycles. The fourth-order valence-electron chi connectivity index (χ4n) is 6.94. The van der Waals surface area contributed by atoms with E-state index in [1.165, 1.54) is 0 Å². The number of benzene rings is 1. The Hall–Kier alpha value is -2.58. The summed E-state index contributed by atoms with van der Waals surface area (Å²) in [5.41, 5.74) is 1.01. The summed E-state index contributed by atoms with van der Waals surface area (Å²) in [5, 5.41) is 10.1. The predicted molar refractivity (Wildman–Crippen MR) is 156 cm³/mol. The van der Waals surface area contributed by atoms with E-state index in [0.717, 1.165) is 24.8 Å². The highest BCUT2D eigenvalue weighted by atomic mass is 32.2. The number of aliphatic hydroxyl groups excluding tert-OH is 1. The third-order valence-corrected chi connectivity index (χ3v) is 10.8. The van der Waals surface area contributed by atoms with Gasteiger partial charge in [0.05, 0.1) is 29.2 Å². The SMILES string of the molecule is C=CCN(CCCC)C(=O)C1N([C@H](C)CO)C(=O)[C@@H]2[C@@H](C(=O)N(CC=C)Cc3ccccc3)[C@@]3(C)CCC12S3. The van der Waals surface area contributed by atoms with E-state index in [4.69, 9.17) is 0 Å². The van der Waals surface area contributed by atoms with Gasteiger partial charge in [-0.25, -0.2) is 0 Å². The van der Waals surface area contributed by atoms with Crippen LogP contribution >= 0.6 is 11.8 Å². The molecule has 0 aromatic heterocycles. The average Bonchev–Trinajstić information content (AvgIpc) is 3.50. The lowest BCUT2D eigenvalue weighted by Crippen LogP contribution is -2.57. The molecule has 39 heavy (non-hydrogen) atoms. The number of thioether (sulfide) groups is 1. The molecule has 1 aromatic rings. The molecule has 7 nitrogen and oxygen atoms in total. The largest absolute Gasteiger partial charge is 0.394 e. The normalized spacial score (nSPS) is 29.7. The molecule has 1 aromatic carbocycles. The maximum atomic E-state index is 14.4. The zero-order valence-electron chi connectivity index (χ0n) is 23.6. The van der Waals surface area contributed by atoms with Crippen molar-refractivity contribution in [3.05, 3.63) is 61.2 Å². The van der Waals surface area contributed by atoms with Gasteiger partial charge in [0.15, 0.2) is 0 Å². The van der Waals surface area contributed by atoms with Crippen LogP contribution in [0.25, 0.3) is 0 Å². The number of carbonyl (C=O) groups is 3. The van der Waals surface area contributed by atoms with E-state index in [-0.39, 0.29) is 24.3 Å². The third kappa shape index (κ3) is 5.06. The summed E-state index contributed by atoms with van der Waals surface area (Å²) in [4.78, 5) is 48.1. The fourth-order valence-corrected chi connectivity index (χ4v) is 9.27. The van der Waals surface area contributed by atoms with Crippen LogP contribution in [0.1, 0.15) is 52.0 Å². The van der Waals surface area contributed by atoms with E-state index >= 15 is 0 Å². The maximum Gasteiger partial charge on any atom is 0.247 e. The first-order chi connectivity index (χ1) is 18.7. The van der Waals surface area contributed by atoms with E-state index in [1.54, 1.807) is 45.5 Å². The Morgan fingerprint density at radius 3 is 2.44 bits per heavy atom. The van der Waals surface area contributed by atoms with E-state index in [1.807, 2.05) is 30.3 Å². The van der Waals surface area contributed by atoms with Crippen LogP contribution in [0.15, 0.2) is 55.6 Å². The van der Waals surface area contributed by atoms with Crippen molar-refractivity contribution in [1.82, 2.24) is 14.7 Å². The van der Waals surface area contributed by atoms with Crippen LogP contribution in [0.5, 0.6) is 0 Å². The van der Waals surface area contributed by atoms with Crippen LogP contribution < -0.4 is 0 Å². The van der Waals surface area contributed by atoms with E-state index in [2.05, 4.69) is 27.0 Å². The van der Waals surface area contributed by atoms with Gasteiger partial charge in [0.2, 0.25) is 17.7 Å². The van der Waals surface area contributed by atoms with Gasteiger partial charge in [-0.2, -0.15) is 0 Å². The monoisotopic (exact) mass is 553 g/mol. The number of likely N-dealkylation sites (tertiary alicyclic amines) is 1. The smallest absolute Gasteiger partial charge is 0.247 e. The first-order valence-electron chi connectivity index (χ1n) is 14.2. The van der Waals surface area contributed by atoms with Gasteiger partial charge in [-0.05, 0) is 38.7 Å². The second-order valence-corrected chi connectivity index (χ2v) is 13.3. The van der Waals surface area contributed by atoms with Crippen molar-refractivity contribution in [2.75, 3.05) is 26.2 Å². The summed E-state index contributed by atoms with van der Waals surface area (Å²) in [6.45, 7) is 15.2. The van der Waals surface area contributed by atoms with Gasteiger partial charge >= 0.3 is 0 Å². The predicted octanol–water partition coefficient (Wildman–Crippen LogP) is 3.88. The Balaban J connectivity index is 1.75. The maximum absolute atomic E-state index is 14.4. The summed E-state index contributed by atoms with van der Waals surface area (Å²) in [7, 11) is 0. The van der Waals surface area contributed by atoms with Gasteiger partial charge < -0.3 is 19.8 Å². The molecular weight excluding hydrogens is 510 g/mol. The minimum absolute atomic E-state index is 0.0627. The Labute approximate surface area is 237 Å². The van der Waals surface area contributed by atoms with Gasteiger partial charge in [-0.15, -0.1) is 24.9 Å². The van der Waals surface area contributed by atoms with Gasteiger partial charge in [0.1, 0.15) is 6.04 Å². The number of amides is 3. The lowest BCUT2D eigenvalue weighted by atomic mass is 9.66. The van der Waals surface area contributed by atoms with E-state index < -0.39 is 33.4 Å². The fraction of sp³-hybridized carbons (Fsp3) is 0.581. The Morgan fingerprint density at radius 1 is 1.15 bits per heavy atom. The van der Waals surface area contributed by atoms with Crippen molar-refractivity contribution in [2.24, 2.45) is 11.8 Å². The number of nitrogens with zero attached hydrogens (tertiary/aromatic N) is 3. The molecule has 4 rings (SSSR count). The molecule has 8 heteroatoms. The molecule has 2 bridgehead atoms. The second-order valence-electron chi connectivity index (χ2n) is 11.4. The van der Waals surface area contributed by atoms with Crippen molar-refractivity contribution in [2.45, 2.75) is 74.6 Å². The molecule has 0 radical (unpaired) electrons. The van der Waals surface area contributed by atoms with Gasteiger partial charge in [-0.1, -0.05) is 55.8 Å². The highest BCUT2D eigenvalue weighted by molar-refractivity contribution is 8.02. The number of rotatable bonds is 13. The number of aliphatic hydroxyl groups is 1. The van der Waals surface area contributed by atoms with E-state index in [9.17, 15) is 19.5 Å². The highest BCUT2D eigenvalue weighted by Crippen LogP contribution is 2.71. The first kappa shape index (κ1) is 29.4. The van der Waals surface area contributed by atoms with Gasteiger partial charge in [0.25, 0.3) is 0 Å². The van der Waals surface area contributed by atoms with Crippen molar-refractivity contribution in [1.29, 1.82) is 0 Å². The average molecular weight is 554 g/mol. The van der Waals surface area contributed by atoms with Crippen molar-refractivity contribution in [3.63, 3.8) is 0 Å². The molecular formula is C31H43N3O4S. The summed E-state index contributed by atoms with van der Waals surface area (Å²) in [6.07, 6.45) is 6.70. The molecule has 3 fully saturated rings. The van der Waals surface area contributed by atoms with Crippen LogP contribution in [0.4, 0.5) is 0 Å². The lowest BCUT2D eigenvalue weighted by molar-refractivity contribution is -0.147. The molecule has 3 heterocycles. The number of unbranched alkanes of at least 4 members (excludes halogenated alkanes) is 1. The van der Waals surface area contributed by atoms with Crippen molar-refractivity contribution < 1.29 is 19.5 Å². The second kappa shape index (κ2) is 11.9. The zero-order valence-corrected chi connectivity index (χ0v) is 24.4. The standard InChI is InChI=1S/C31H43N3O4S/c1-6-9-19-32(17-7-2)29(38)26-31-16-15-30(5,39-31)24(25(31)28(37)34(26)22(4)21-35)27(36)33(18-8-3)20-23-13-11-10-12-14-23/h7-8,10-14,22,24-26,35H,2-3,6,9,15-21H2,1,4-5H3/t22-,24+,25+,26?,30-,31?/m1/s1. The van der Waals surface area contributed by atoms with E-state index in [0.29, 0.717) is 32.6 Å². The molecule has 1 spiro atoms. The van der Waals surface area contributed by atoms with Gasteiger partial charge in [-0.3, -0.25) is 14.4 Å². The quantitative estimate of drug-likeness (QED) is 0.375. The number of carbonyl (C=O) groups excluding carboxylic acids is 3. The number of hydrogen-bond donors (Lipinski definition) is 1. The summed E-state index contributed by atoms with van der Waals surface area (Å²) in [5.74, 6) is -1.51. The van der Waals surface area contributed by atoms with Crippen LogP contribution in [0.3, 0.4) is 0 Å². The van der Waals surface area contributed by atoms with Crippen molar-refractivity contribution in [3.8, 4) is 0 Å². The molecule has 1 N–H and O–H groups in total.